The molecule has 40 heavy (non-hydrogen) atoms. The molecule has 2 aliphatic heterocycles. The highest BCUT2D eigenvalue weighted by Gasteiger charge is 2.38. The van der Waals surface area contributed by atoms with Crippen molar-refractivity contribution in [1.29, 1.82) is 0 Å². The second kappa shape index (κ2) is 13.2. The summed E-state index contributed by atoms with van der Waals surface area (Å²) in [4.78, 5) is 28.5. The number of amides is 1. The largest absolute Gasteiger partial charge is 0.485 e. The Morgan fingerprint density at radius 1 is 1.12 bits per heavy atom. The number of hydrogen-bond acceptors (Lipinski definition) is 6. The molecule has 0 spiro atoms. The maximum Gasteiger partial charge on any atom is 0.336 e. The second-order valence-electron chi connectivity index (χ2n) is 11.4. The van der Waals surface area contributed by atoms with Gasteiger partial charge in [-0.15, -0.1) is 0 Å². The fraction of sp³-hybridized carbons (Fsp3) is 0.500. The van der Waals surface area contributed by atoms with Crippen molar-refractivity contribution in [3.8, 4) is 5.75 Å². The quantitative estimate of drug-likeness (QED) is 0.290. The van der Waals surface area contributed by atoms with Crippen LogP contribution in [-0.4, -0.2) is 54.3 Å². The predicted octanol–water partition coefficient (Wildman–Crippen LogP) is 6.43. The van der Waals surface area contributed by atoms with Crippen LogP contribution >= 0.6 is 11.6 Å². The lowest BCUT2D eigenvalue weighted by atomic mass is 9.83. The lowest BCUT2D eigenvalue weighted by Crippen LogP contribution is -2.42. The van der Waals surface area contributed by atoms with Crippen LogP contribution in [0.2, 0.25) is 5.02 Å². The Labute approximate surface area is 242 Å². The summed E-state index contributed by atoms with van der Waals surface area (Å²) in [6.45, 7) is 11.5. The molecule has 1 saturated heterocycles. The lowest BCUT2D eigenvalue weighted by Gasteiger charge is -2.35. The summed E-state index contributed by atoms with van der Waals surface area (Å²) in [5.41, 5.74) is 2.32. The highest BCUT2D eigenvalue weighted by Crippen LogP contribution is 2.38. The summed E-state index contributed by atoms with van der Waals surface area (Å²) in [7, 11) is 0. The van der Waals surface area contributed by atoms with Gasteiger partial charge in [-0.1, -0.05) is 35.9 Å². The molecule has 216 valence electrons. The Hall–Kier alpha value is -2.87. The van der Waals surface area contributed by atoms with E-state index in [0.29, 0.717) is 41.8 Å². The molecule has 0 aliphatic carbocycles. The zero-order valence-electron chi connectivity index (χ0n) is 24.1. The summed E-state index contributed by atoms with van der Waals surface area (Å²) >= 11 is 6.11. The van der Waals surface area contributed by atoms with E-state index in [1.54, 1.807) is 17.0 Å². The van der Waals surface area contributed by atoms with Crippen molar-refractivity contribution in [1.82, 2.24) is 4.90 Å². The molecule has 2 aromatic carbocycles. The number of ether oxygens (including phenoxy) is 4. The van der Waals surface area contributed by atoms with Crippen LogP contribution in [0.25, 0.3) is 0 Å². The van der Waals surface area contributed by atoms with Gasteiger partial charge in [-0.2, -0.15) is 0 Å². The first-order chi connectivity index (χ1) is 19.0. The van der Waals surface area contributed by atoms with Gasteiger partial charge in [-0.05, 0) is 82.9 Å². The third-order valence-corrected chi connectivity index (χ3v) is 7.43. The molecule has 2 aromatic rings. The standard InChI is InChI=1S/C32H40ClNO6/c1-21(2)39-20-32(4,5)40-26-14-8-23(9-15-26)19-38-31(36)30-22(3)34(18-27-7-6-16-37-27)29(35)17-28(30)24-10-12-25(33)13-11-24/h8-15,21,27-28H,6-7,16-20H2,1-5H3/t27-,28+/m1/s1. The van der Waals surface area contributed by atoms with Gasteiger partial charge in [0, 0.05) is 29.7 Å². The average Bonchev–Trinajstić information content (AvgIpc) is 3.43. The number of hydrogen-bond donors (Lipinski definition) is 0. The highest BCUT2D eigenvalue weighted by molar-refractivity contribution is 6.30. The van der Waals surface area contributed by atoms with E-state index in [0.717, 1.165) is 24.0 Å². The van der Waals surface area contributed by atoms with Gasteiger partial charge in [0.2, 0.25) is 5.91 Å². The molecule has 7 nitrogen and oxygen atoms in total. The lowest BCUT2D eigenvalue weighted by molar-refractivity contribution is -0.141. The van der Waals surface area contributed by atoms with E-state index < -0.39 is 17.5 Å². The number of rotatable bonds is 11. The fourth-order valence-corrected chi connectivity index (χ4v) is 5.19. The number of benzene rings is 2. The summed E-state index contributed by atoms with van der Waals surface area (Å²) in [5, 5.41) is 0.596. The molecule has 0 unspecified atom stereocenters. The molecule has 0 bridgehead atoms. The molecule has 0 N–H and O–H groups in total. The average molecular weight is 570 g/mol. The molecule has 1 amide bonds. The third-order valence-electron chi connectivity index (χ3n) is 7.18. The molecule has 2 aliphatic rings. The number of carbonyl (C=O) groups excluding carboxylic acids is 2. The first-order valence-electron chi connectivity index (χ1n) is 14.0. The van der Waals surface area contributed by atoms with Crippen molar-refractivity contribution in [2.75, 3.05) is 19.8 Å². The van der Waals surface area contributed by atoms with Crippen molar-refractivity contribution in [2.24, 2.45) is 0 Å². The number of allylic oxidation sites excluding steroid dienone is 1. The van der Waals surface area contributed by atoms with Crippen LogP contribution < -0.4 is 4.74 Å². The third kappa shape index (κ3) is 7.87. The number of esters is 1. The molecular weight excluding hydrogens is 530 g/mol. The van der Waals surface area contributed by atoms with Gasteiger partial charge in [0.25, 0.3) is 0 Å². The zero-order chi connectivity index (χ0) is 28.9. The van der Waals surface area contributed by atoms with Gasteiger partial charge in [-0.3, -0.25) is 4.79 Å². The Morgan fingerprint density at radius 3 is 2.45 bits per heavy atom. The van der Waals surface area contributed by atoms with Crippen molar-refractivity contribution in [3.63, 3.8) is 0 Å². The Kier molecular flexibility index (Phi) is 9.93. The molecule has 2 heterocycles. The molecule has 0 saturated carbocycles. The number of carbonyl (C=O) groups is 2. The minimum absolute atomic E-state index is 0.0223. The van der Waals surface area contributed by atoms with E-state index in [1.807, 2.05) is 71.0 Å². The molecule has 8 heteroatoms. The number of nitrogens with zero attached hydrogens (tertiary/aromatic N) is 1. The van der Waals surface area contributed by atoms with Gasteiger partial charge >= 0.3 is 5.97 Å². The summed E-state index contributed by atoms with van der Waals surface area (Å²) in [6.07, 6.45) is 2.16. The molecule has 4 rings (SSSR count). The summed E-state index contributed by atoms with van der Waals surface area (Å²) in [6, 6.07) is 14.8. The first-order valence-corrected chi connectivity index (χ1v) is 14.3. The summed E-state index contributed by atoms with van der Waals surface area (Å²) in [5.74, 6) is -0.162. The Bertz CT molecular complexity index is 1200. The first kappa shape index (κ1) is 30.1. The summed E-state index contributed by atoms with van der Waals surface area (Å²) < 4.78 is 23.4. The van der Waals surface area contributed by atoms with Crippen LogP contribution in [0.1, 0.15) is 70.9 Å². The van der Waals surface area contributed by atoms with Crippen LogP contribution in [0, 0.1) is 0 Å². The van der Waals surface area contributed by atoms with Crippen LogP contribution in [0.5, 0.6) is 5.75 Å². The fourth-order valence-electron chi connectivity index (χ4n) is 5.07. The van der Waals surface area contributed by atoms with Crippen LogP contribution in [0.15, 0.2) is 59.8 Å². The molecule has 0 aromatic heterocycles. The van der Waals surface area contributed by atoms with Crippen LogP contribution in [0.3, 0.4) is 0 Å². The van der Waals surface area contributed by atoms with Crippen molar-refractivity contribution < 1.29 is 28.5 Å². The zero-order valence-corrected chi connectivity index (χ0v) is 24.8. The highest BCUT2D eigenvalue weighted by atomic mass is 35.5. The Morgan fingerprint density at radius 2 is 1.82 bits per heavy atom. The van der Waals surface area contributed by atoms with E-state index in [4.69, 9.17) is 30.5 Å². The number of halogens is 1. The van der Waals surface area contributed by atoms with E-state index in [-0.39, 0.29) is 31.1 Å². The molecule has 1 fully saturated rings. The van der Waals surface area contributed by atoms with E-state index in [2.05, 4.69) is 0 Å². The van der Waals surface area contributed by atoms with Crippen LogP contribution in [0.4, 0.5) is 0 Å². The maximum absolute atomic E-state index is 13.6. The monoisotopic (exact) mass is 569 g/mol. The van der Waals surface area contributed by atoms with Crippen LogP contribution in [-0.2, 0) is 30.4 Å². The minimum Gasteiger partial charge on any atom is -0.485 e. The molecule has 0 radical (unpaired) electrons. The van der Waals surface area contributed by atoms with E-state index in [9.17, 15) is 9.59 Å². The Balaban J connectivity index is 1.48. The maximum atomic E-state index is 13.6. The van der Waals surface area contributed by atoms with Gasteiger partial charge in [0.05, 0.1) is 30.9 Å². The van der Waals surface area contributed by atoms with Gasteiger partial charge in [0.1, 0.15) is 18.0 Å². The van der Waals surface area contributed by atoms with Crippen molar-refractivity contribution in [3.05, 3.63) is 76.0 Å². The SMILES string of the molecule is CC1=C(C(=O)OCc2ccc(OC(C)(C)COC(C)C)cc2)[C@H](c2ccc(Cl)cc2)CC(=O)N1C[C@H]1CCCO1. The normalized spacial score (nSPS) is 19.9. The van der Waals surface area contributed by atoms with Gasteiger partial charge in [0.15, 0.2) is 0 Å². The van der Waals surface area contributed by atoms with Crippen molar-refractivity contribution in [2.45, 2.75) is 84.2 Å². The minimum atomic E-state index is -0.479. The van der Waals surface area contributed by atoms with Gasteiger partial charge < -0.3 is 23.8 Å². The van der Waals surface area contributed by atoms with Crippen molar-refractivity contribution >= 4 is 23.5 Å². The molecule has 2 atom stereocenters. The molecular formula is C32H40ClNO6. The van der Waals surface area contributed by atoms with Gasteiger partial charge in [-0.25, -0.2) is 4.79 Å². The smallest absolute Gasteiger partial charge is 0.336 e. The van der Waals surface area contributed by atoms with E-state index >= 15 is 0 Å². The van der Waals surface area contributed by atoms with E-state index in [1.165, 1.54) is 0 Å². The topological polar surface area (TPSA) is 74.3 Å². The second-order valence-corrected chi connectivity index (χ2v) is 11.8. The predicted molar refractivity (Wildman–Crippen MR) is 154 cm³/mol.